The maximum atomic E-state index is 10.9. The van der Waals surface area contributed by atoms with E-state index in [1.165, 1.54) is 18.3 Å². The van der Waals surface area contributed by atoms with Crippen molar-refractivity contribution in [3.05, 3.63) is 39.9 Å². The van der Waals surface area contributed by atoms with Crippen LogP contribution in [0.25, 0.3) is 0 Å². The van der Waals surface area contributed by atoms with Gasteiger partial charge in [0.1, 0.15) is 12.4 Å². The highest BCUT2D eigenvalue weighted by Crippen LogP contribution is 2.26. The number of carbonyl (C=O) groups is 1. The molecular weight excluding hydrogens is 284 g/mol. The molecule has 0 bridgehead atoms. The first-order valence-corrected chi connectivity index (χ1v) is 6.91. The zero-order valence-electron chi connectivity index (χ0n) is 10.6. The van der Waals surface area contributed by atoms with Crippen molar-refractivity contribution in [3.8, 4) is 5.75 Å². The highest BCUT2D eigenvalue weighted by atomic mass is 35.5. The molecule has 4 nitrogen and oxygen atoms in total. The van der Waals surface area contributed by atoms with Gasteiger partial charge in [0.2, 0.25) is 5.91 Å². The Morgan fingerprint density at radius 3 is 3.05 bits per heavy atom. The number of hydrogen-bond acceptors (Lipinski definition) is 4. The molecule has 0 saturated carbocycles. The lowest BCUT2D eigenvalue weighted by Gasteiger charge is -2.07. The third-order valence-corrected chi connectivity index (χ3v) is 3.42. The van der Waals surface area contributed by atoms with Gasteiger partial charge in [0.05, 0.1) is 10.7 Å². The topological polar surface area (TPSA) is 51.2 Å². The van der Waals surface area contributed by atoms with Gasteiger partial charge in [-0.05, 0) is 24.6 Å². The van der Waals surface area contributed by atoms with Crippen molar-refractivity contribution in [2.24, 2.45) is 0 Å². The summed E-state index contributed by atoms with van der Waals surface area (Å²) < 4.78 is 5.62. The average Bonchev–Trinajstić information content (AvgIpc) is 2.77. The molecule has 2 aromatic rings. The number of nitrogens with zero attached hydrogens (tertiary/aromatic N) is 1. The van der Waals surface area contributed by atoms with Crippen molar-refractivity contribution < 1.29 is 9.53 Å². The van der Waals surface area contributed by atoms with Gasteiger partial charge in [0.25, 0.3) is 0 Å². The van der Waals surface area contributed by atoms with Crippen LogP contribution in [0.5, 0.6) is 5.75 Å². The Morgan fingerprint density at radius 1 is 1.53 bits per heavy atom. The smallest absolute Gasteiger partial charge is 0.223 e. The van der Waals surface area contributed by atoms with E-state index in [2.05, 4.69) is 10.3 Å². The monoisotopic (exact) mass is 296 g/mol. The summed E-state index contributed by atoms with van der Waals surface area (Å²) in [7, 11) is 0. The summed E-state index contributed by atoms with van der Waals surface area (Å²) >= 11 is 7.40. The summed E-state index contributed by atoms with van der Waals surface area (Å²) in [6.07, 6.45) is 0. The van der Waals surface area contributed by atoms with Gasteiger partial charge in [-0.2, -0.15) is 0 Å². The molecular formula is C13H13ClN2O2S. The van der Waals surface area contributed by atoms with Gasteiger partial charge in [-0.1, -0.05) is 17.7 Å². The number of thiazole rings is 1. The van der Waals surface area contributed by atoms with E-state index < -0.39 is 0 Å². The van der Waals surface area contributed by atoms with Crippen molar-refractivity contribution in [1.29, 1.82) is 0 Å². The minimum atomic E-state index is -0.136. The lowest BCUT2D eigenvalue weighted by atomic mass is 10.2. The van der Waals surface area contributed by atoms with Gasteiger partial charge < -0.3 is 10.1 Å². The Balaban J connectivity index is 2.00. The first-order valence-electron chi connectivity index (χ1n) is 5.65. The summed E-state index contributed by atoms with van der Waals surface area (Å²) in [5, 5.41) is 5.62. The number of anilines is 1. The van der Waals surface area contributed by atoms with Gasteiger partial charge >= 0.3 is 0 Å². The highest BCUT2D eigenvalue weighted by Gasteiger charge is 2.06. The number of ether oxygens (including phenoxy) is 1. The first-order chi connectivity index (χ1) is 9.04. The van der Waals surface area contributed by atoms with E-state index in [1.54, 1.807) is 6.07 Å². The second kappa shape index (κ2) is 6.04. The normalized spacial score (nSPS) is 10.3. The molecule has 0 saturated heterocycles. The number of aromatic nitrogens is 1. The van der Waals surface area contributed by atoms with Crippen LogP contribution >= 0.6 is 22.9 Å². The molecule has 0 unspecified atom stereocenters. The summed E-state index contributed by atoms with van der Waals surface area (Å²) in [5.41, 5.74) is 1.84. The zero-order chi connectivity index (χ0) is 13.8. The Morgan fingerprint density at radius 2 is 2.32 bits per heavy atom. The Labute approximate surface area is 120 Å². The van der Waals surface area contributed by atoms with Crippen LogP contribution in [0.15, 0.2) is 23.6 Å². The SMILES string of the molecule is CC(=O)Nc1nc(COc2cc(C)ccc2Cl)cs1. The van der Waals surface area contributed by atoms with Crippen LogP contribution in [-0.2, 0) is 11.4 Å². The summed E-state index contributed by atoms with van der Waals surface area (Å²) in [6.45, 7) is 3.74. The van der Waals surface area contributed by atoms with Crippen molar-refractivity contribution in [3.63, 3.8) is 0 Å². The van der Waals surface area contributed by atoms with Crippen LogP contribution in [0, 0.1) is 6.92 Å². The van der Waals surface area contributed by atoms with E-state index in [1.807, 2.05) is 24.4 Å². The van der Waals surface area contributed by atoms with E-state index in [0.717, 1.165) is 11.3 Å². The number of benzene rings is 1. The molecule has 0 aliphatic heterocycles. The molecule has 0 aliphatic carbocycles. The van der Waals surface area contributed by atoms with E-state index >= 15 is 0 Å². The summed E-state index contributed by atoms with van der Waals surface area (Å²) in [6, 6.07) is 5.60. The molecule has 19 heavy (non-hydrogen) atoms. The zero-order valence-corrected chi connectivity index (χ0v) is 12.1. The minimum absolute atomic E-state index is 0.136. The predicted molar refractivity (Wildman–Crippen MR) is 76.9 cm³/mol. The van der Waals surface area contributed by atoms with Crippen molar-refractivity contribution in [1.82, 2.24) is 4.98 Å². The van der Waals surface area contributed by atoms with Crippen molar-refractivity contribution in [2.75, 3.05) is 5.32 Å². The maximum absolute atomic E-state index is 10.9. The molecule has 1 N–H and O–H groups in total. The number of rotatable bonds is 4. The number of nitrogens with one attached hydrogen (secondary N) is 1. The quantitative estimate of drug-likeness (QED) is 0.937. The number of amides is 1. The fourth-order valence-corrected chi connectivity index (χ4v) is 2.37. The molecule has 1 heterocycles. The van der Waals surface area contributed by atoms with Gasteiger partial charge in [-0.15, -0.1) is 11.3 Å². The number of aryl methyl sites for hydroxylation is 1. The largest absolute Gasteiger partial charge is 0.486 e. The van der Waals surface area contributed by atoms with E-state index in [9.17, 15) is 4.79 Å². The van der Waals surface area contributed by atoms with Crippen LogP contribution < -0.4 is 10.1 Å². The Bertz CT molecular complexity index is 598. The fourth-order valence-electron chi connectivity index (χ4n) is 1.45. The van der Waals surface area contributed by atoms with Gasteiger partial charge in [0, 0.05) is 12.3 Å². The molecule has 6 heteroatoms. The van der Waals surface area contributed by atoms with Crippen LogP contribution in [0.2, 0.25) is 5.02 Å². The third kappa shape index (κ3) is 3.94. The third-order valence-electron chi connectivity index (χ3n) is 2.30. The number of halogens is 1. The van der Waals surface area contributed by atoms with Crippen LogP contribution in [0.1, 0.15) is 18.2 Å². The molecule has 0 spiro atoms. The summed E-state index contributed by atoms with van der Waals surface area (Å²) in [4.78, 5) is 15.1. The van der Waals surface area contributed by atoms with Crippen molar-refractivity contribution in [2.45, 2.75) is 20.5 Å². The molecule has 0 aliphatic rings. The lowest BCUT2D eigenvalue weighted by Crippen LogP contribution is -2.05. The molecule has 0 atom stereocenters. The number of carbonyl (C=O) groups excluding carboxylic acids is 1. The average molecular weight is 297 g/mol. The molecule has 1 aromatic carbocycles. The van der Waals surface area contributed by atoms with E-state index in [0.29, 0.717) is 22.5 Å². The van der Waals surface area contributed by atoms with Crippen molar-refractivity contribution >= 4 is 34.0 Å². The Kier molecular flexibility index (Phi) is 4.39. The second-order valence-corrected chi connectivity index (χ2v) is 5.31. The van der Waals surface area contributed by atoms with Crippen LogP contribution in [0.3, 0.4) is 0 Å². The molecule has 1 aromatic heterocycles. The lowest BCUT2D eigenvalue weighted by molar-refractivity contribution is -0.114. The van der Waals surface area contributed by atoms with Gasteiger partial charge in [0.15, 0.2) is 5.13 Å². The molecule has 1 amide bonds. The van der Waals surface area contributed by atoms with E-state index in [-0.39, 0.29) is 5.91 Å². The summed E-state index contributed by atoms with van der Waals surface area (Å²) in [5.74, 6) is 0.499. The minimum Gasteiger partial charge on any atom is -0.486 e. The predicted octanol–water partition coefficient (Wildman–Crippen LogP) is 3.64. The number of hydrogen-bond donors (Lipinski definition) is 1. The van der Waals surface area contributed by atoms with Gasteiger partial charge in [-0.25, -0.2) is 4.98 Å². The molecule has 100 valence electrons. The fraction of sp³-hybridized carbons (Fsp3) is 0.231. The van der Waals surface area contributed by atoms with Gasteiger partial charge in [-0.3, -0.25) is 4.79 Å². The van der Waals surface area contributed by atoms with Crippen LogP contribution in [0.4, 0.5) is 5.13 Å². The Hall–Kier alpha value is -1.59. The molecule has 0 radical (unpaired) electrons. The molecule has 2 rings (SSSR count). The maximum Gasteiger partial charge on any atom is 0.223 e. The first kappa shape index (κ1) is 13.8. The molecule has 0 fully saturated rings. The standard InChI is InChI=1S/C13H13ClN2O2S/c1-8-3-4-11(14)12(5-8)18-6-10-7-19-13(16-10)15-9(2)17/h3-5,7H,6H2,1-2H3,(H,15,16,17). The second-order valence-electron chi connectivity index (χ2n) is 4.05. The van der Waals surface area contributed by atoms with Crippen LogP contribution in [-0.4, -0.2) is 10.9 Å². The van der Waals surface area contributed by atoms with E-state index in [4.69, 9.17) is 16.3 Å². The highest BCUT2D eigenvalue weighted by molar-refractivity contribution is 7.13.